The summed E-state index contributed by atoms with van der Waals surface area (Å²) in [6.07, 6.45) is 5.66. The molecule has 94 valence electrons. The van der Waals surface area contributed by atoms with Gasteiger partial charge in [-0.1, -0.05) is 5.16 Å². The fourth-order valence-electron chi connectivity index (χ4n) is 2.95. The smallest absolute Gasteiger partial charge is 0.124 e. The van der Waals surface area contributed by atoms with Crippen LogP contribution < -0.4 is 5.32 Å². The van der Waals surface area contributed by atoms with Crippen molar-refractivity contribution < 1.29 is 4.52 Å². The zero-order valence-electron chi connectivity index (χ0n) is 10.5. The molecule has 1 atom stereocenters. The molecule has 17 heavy (non-hydrogen) atoms. The van der Waals surface area contributed by atoms with Crippen molar-refractivity contribution in [3.63, 3.8) is 0 Å². The van der Waals surface area contributed by atoms with Crippen LogP contribution in [0.15, 0.2) is 16.9 Å². The molecule has 4 heteroatoms. The maximum absolute atomic E-state index is 4.91. The van der Waals surface area contributed by atoms with E-state index >= 15 is 0 Å². The van der Waals surface area contributed by atoms with Crippen LogP contribution in [-0.2, 0) is 6.54 Å². The molecule has 1 aromatic rings. The highest BCUT2D eigenvalue weighted by molar-refractivity contribution is 5.02. The minimum atomic E-state index is 0.306. The van der Waals surface area contributed by atoms with Crippen LogP contribution in [0.3, 0.4) is 0 Å². The lowest BCUT2D eigenvalue weighted by atomic mass is 9.95. The summed E-state index contributed by atoms with van der Waals surface area (Å²) >= 11 is 0. The Morgan fingerprint density at radius 1 is 1.59 bits per heavy atom. The molecule has 0 amide bonds. The Kier molecular flexibility index (Phi) is 2.92. The molecular weight excluding hydrogens is 214 g/mol. The van der Waals surface area contributed by atoms with Gasteiger partial charge < -0.3 is 9.84 Å². The molecule has 1 saturated carbocycles. The van der Waals surface area contributed by atoms with E-state index in [9.17, 15) is 0 Å². The van der Waals surface area contributed by atoms with Crippen LogP contribution in [0.5, 0.6) is 0 Å². The van der Waals surface area contributed by atoms with Gasteiger partial charge in [0.05, 0.1) is 5.69 Å². The molecule has 1 aliphatic carbocycles. The molecule has 0 bridgehead atoms. The molecule has 1 aliphatic heterocycles. The molecule has 1 saturated heterocycles. The second kappa shape index (κ2) is 4.42. The second-order valence-corrected chi connectivity index (χ2v) is 5.67. The van der Waals surface area contributed by atoms with E-state index in [4.69, 9.17) is 4.52 Å². The minimum absolute atomic E-state index is 0.306. The van der Waals surface area contributed by atoms with Crippen LogP contribution in [0.2, 0.25) is 0 Å². The molecule has 4 nitrogen and oxygen atoms in total. The fourth-order valence-corrected chi connectivity index (χ4v) is 2.95. The first-order valence-corrected chi connectivity index (χ1v) is 6.63. The molecule has 0 aromatic carbocycles. The molecule has 0 spiro atoms. The monoisotopic (exact) mass is 235 g/mol. The summed E-state index contributed by atoms with van der Waals surface area (Å²) in [5.74, 6) is 0.875. The summed E-state index contributed by atoms with van der Waals surface area (Å²) in [6.45, 7) is 6.72. The molecule has 3 rings (SSSR count). The molecule has 1 aromatic heterocycles. The molecule has 2 heterocycles. The van der Waals surface area contributed by atoms with Gasteiger partial charge in [0.25, 0.3) is 0 Å². The van der Waals surface area contributed by atoms with Gasteiger partial charge in [-0.3, -0.25) is 4.90 Å². The predicted molar refractivity (Wildman–Crippen MR) is 65.5 cm³/mol. The SMILES string of the molecule is CC1(C2CC2)CN(Cc2ccon2)CCCN1. The van der Waals surface area contributed by atoms with E-state index < -0.39 is 0 Å². The summed E-state index contributed by atoms with van der Waals surface area (Å²) < 4.78 is 4.91. The maximum atomic E-state index is 4.91. The third-order valence-corrected chi connectivity index (χ3v) is 4.09. The molecule has 0 radical (unpaired) electrons. The average molecular weight is 235 g/mol. The quantitative estimate of drug-likeness (QED) is 0.864. The molecule has 1 N–H and O–H groups in total. The highest BCUT2D eigenvalue weighted by Crippen LogP contribution is 2.40. The number of nitrogens with zero attached hydrogens (tertiary/aromatic N) is 2. The first-order chi connectivity index (χ1) is 8.26. The topological polar surface area (TPSA) is 41.3 Å². The van der Waals surface area contributed by atoms with E-state index in [1.807, 2.05) is 6.07 Å². The van der Waals surface area contributed by atoms with Crippen LogP contribution in [0.1, 0.15) is 31.9 Å². The van der Waals surface area contributed by atoms with E-state index in [0.717, 1.165) is 37.8 Å². The Labute approximate surface area is 102 Å². The third kappa shape index (κ3) is 2.53. The van der Waals surface area contributed by atoms with Crippen LogP contribution in [-0.4, -0.2) is 35.2 Å². The van der Waals surface area contributed by atoms with Crippen molar-refractivity contribution in [2.75, 3.05) is 19.6 Å². The van der Waals surface area contributed by atoms with Gasteiger partial charge in [0.1, 0.15) is 6.26 Å². The van der Waals surface area contributed by atoms with Gasteiger partial charge in [0.2, 0.25) is 0 Å². The van der Waals surface area contributed by atoms with Crippen molar-refractivity contribution in [3.05, 3.63) is 18.0 Å². The Hall–Kier alpha value is -0.870. The number of aromatic nitrogens is 1. The summed E-state index contributed by atoms with van der Waals surface area (Å²) in [4.78, 5) is 2.51. The van der Waals surface area contributed by atoms with Crippen molar-refractivity contribution in [3.8, 4) is 0 Å². The van der Waals surface area contributed by atoms with Gasteiger partial charge >= 0.3 is 0 Å². The fraction of sp³-hybridized carbons (Fsp3) is 0.769. The Morgan fingerprint density at radius 2 is 2.47 bits per heavy atom. The van der Waals surface area contributed by atoms with E-state index in [0.29, 0.717) is 5.54 Å². The van der Waals surface area contributed by atoms with Crippen molar-refractivity contribution in [1.29, 1.82) is 0 Å². The van der Waals surface area contributed by atoms with Crippen LogP contribution in [0, 0.1) is 5.92 Å². The lowest BCUT2D eigenvalue weighted by molar-refractivity contribution is 0.191. The van der Waals surface area contributed by atoms with Crippen molar-refractivity contribution in [1.82, 2.24) is 15.4 Å². The molecule has 1 unspecified atom stereocenters. The number of hydrogen-bond acceptors (Lipinski definition) is 4. The highest BCUT2D eigenvalue weighted by atomic mass is 16.5. The Morgan fingerprint density at radius 3 is 3.18 bits per heavy atom. The summed E-state index contributed by atoms with van der Waals surface area (Å²) in [5, 5.41) is 7.76. The average Bonchev–Trinajstić information content (AvgIpc) is 3.07. The number of nitrogens with one attached hydrogen (secondary N) is 1. The predicted octanol–water partition coefficient (Wildman–Crippen LogP) is 1.64. The minimum Gasteiger partial charge on any atom is -0.364 e. The highest BCUT2D eigenvalue weighted by Gasteiger charge is 2.42. The lowest BCUT2D eigenvalue weighted by Crippen LogP contribution is -2.50. The van der Waals surface area contributed by atoms with Crippen molar-refractivity contribution in [2.24, 2.45) is 5.92 Å². The van der Waals surface area contributed by atoms with E-state index in [1.165, 1.54) is 19.3 Å². The number of hydrogen-bond donors (Lipinski definition) is 1. The lowest BCUT2D eigenvalue weighted by Gasteiger charge is -2.33. The van der Waals surface area contributed by atoms with Gasteiger partial charge in [0.15, 0.2) is 0 Å². The zero-order valence-corrected chi connectivity index (χ0v) is 10.5. The molecule has 2 aliphatic rings. The first-order valence-electron chi connectivity index (χ1n) is 6.63. The van der Waals surface area contributed by atoms with Crippen LogP contribution >= 0.6 is 0 Å². The second-order valence-electron chi connectivity index (χ2n) is 5.67. The van der Waals surface area contributed by atoms with E-state index in [2.05, 4.69) is 22.3 Å². The Bertz CT molecular complexity index is 361. The van der Waals surface area contributed by atoms with Crippen LogP contribution in [0.4, 0.5) is 0 Å². The van der Waals surface area contributed by atoms with Crippen molar-refractivity contribution >= 4 is 0 Å². The van der Waals surface area contributed by atoms with E-state index in [1.54, 1.807) is 6.26 Å². The number of rotatable bonds is 3. The summed E-state index contributed by atoms with van der Waals surface area (Å²) in [5.41, 5.74) is 1.35. The maximum Gasteiger partial charge on any atom is 0.124 e. The normalized spacial score (nSPS) is 31.4. The third-order valence-electron chi connectivity index (χ3n) is 4.09. The summed E-state index contributed by atoms with van der Waals surface area (Å²) in [7, 11) is 0. The van der Waals surface area contributed by atoms with Gasteiger partial charge in [-0.05, 0) is 45.2 Å². The molecular formula is C13H21N3O. The van der Waals surface area contributed by atoms with Crippen LogP contribution in [0.25, 0.3) is 0 Å². The zero-order chi connectivity index (χ0) is 11.7. The Balaban J connectivity index is 1.67. The van der Waals surface area contributed by atoms with E-state index in [-0.39, 0.29) is 0 Å². The van der Waals surface area contributed by atoms with Crippen molar-refractivity contribution in [2.45, 2.75) is 38.3 Å². The van der Waals surface area contributed by atoms with Gasteiger partial charge in [-0.15, -0.1) is 0 Å². The van der Waals surface area contributed by atoms with Gasteiger partial charge in [-0.25, -0.2) is 0 Å². The van der Waals surface area contributed by atoms with Gasteiger partial charge in [-0.2, -0.15) is 0 Å². The van der Waals surface area contributed by atoms with Gasteiger partial charge in [0, 0.05) is 24.7 Å². The molecule has 2 fully saturated rings. The largest absolute Gasteiger partial charge is 0.364 e. The standard InChI is InChI=1S/C13H21N3O/c1-13(11-3-4-11)10-16(7-2-6-14-13)9-12-5-8-17-15-12/h5,8,11,14H,2-4,6-7,9-10H2,1H3. The first kappa shape index (κ1) is 11.2. The summed E-state index contributed by atoms with van der Waals surface area (Å²) in [6, 6.07) is 1.97.